The highest BCUT2D eigenvalue weighted by molar-refractivity contribution is 7.99. The number of hydrogen-bond acceptors (Lipinski definition) is 4. The standard InChI is InChI=1S/C14H22N2O2S2/c1-3-19-13-6-5-12(9-13)16-20(17,18)14-7-4-11(15)8-10(14)2/h4,7-8,12-13,16H,3,5-6,9,15H2,1-2H3. The van der Waals surface area contributed by atoms with E-state index in [1.165, 1.54) is 0 Å². The summed E-state index contributed by atoms with van der Waals surface area (Å²) in [5, 5.41) is 0.584. The van der Waals surface area contributed by atoms with Crippen molar-refractivity contribution in [2.75, 3.05) is 11.5 Å². The third kappa shape index (κ3) is 3.68. The van der Waals surface area contributed by atoms with Crippen LogP contribution in [0.2, 0.25) is 0 Å². The van der Waals surface area contributed by atoms with Crippen LogP contribution in [0.3, 0.4) is 0 Å². The molecule has 0 bridgehead atoms. The van der Waals surface area contributed by atoms with Crippen LogP contribution in [0.1, 0.15) is 31.7 Å². The van der Waals surface area contributed by atoms with Crippen LogP contribution in [-0.4, -0.2) is 25.5 Å². The first-order valence-electron chi connectivity index (χ1n) is 6.92. The minimum Gasteiger partial charge on any atom is -0.399 e. The van der Waals surface area contributed by atoms with Gasteiger partial charge < -0.3 is 5.73 Å². The van der Waals surface area contributed by atoms with Crippen LogP contribution in [-0.2, 0) is 10.0 Å². The van der Waals surface area contributed by atoms with Crippen LogP contribution in [0.4, 0.5) is 5.69 Å². The van der Waals surface area contributed by atoms with Crippen molar-refractivity contribution in [1.82, 2.24) is 4.72 Å². The average Bonchev–Trinajstić information content (AvgIpc) is 2.75. The first-order chi connectivity index (χ1) is 9.42. The molecule has 0 aromatic heterocycles. The molecule has 1 aliphatic carbocycles. The summed E-state index contributed by atoms with van der Waals surface area (Å²) in [4.78, 5) is 0.332. The Morgan fingerprint density at radius 2 is 2.15 bits per heavy atom. The minimum absolute atomic E-state index is 0.0565. The fraction of sp³-hybridized carbons (Fsp3) is 0.571. The molecule has 0 amide bonds. The van der Waals surface area contributed by atoms with Crippen LogP contribution in [0, 0.1) is 6.92 Å². The SMILES string of the molecule is CCSC1CCC(NS(=O)(=O)c2ccc(N)cc2C)C1. The Morgan fingerprint density at radius 3 is 2.80 bits per heavy atom. The smallest absolute Gasteiger partial charge is 0.241 e. The Hall–Kier alpha value is -0.720. The highest BCUT2D eigenvalue weighted by atomic mass is 32.2. The van der Waals surface area contributed by atoms with Gasteiger partial charge in [0.25, 0.3) is 0 Å². The number of nitrogens with one attached hydrogen (secondary N) is 1. The third-order valence-corrected chi connectivity index (χ3v) is 6.51. The zero-order valence-electron chi connectivity index (χ0n) is 11.9. The molecule has 112 valence electrons. The number of sulfonamides is 1. The molecule has 20 heavy (non-hydrogen) atoms. The molecule has 0 radical (unpaired) electrons. The molecule has 2 unspecified atom stereocenters. The molecule has 0 aliphatic heterocycles. The molecule has 2 rings (SSSR count). The van der Waals surface area contributed by atoms with E-state index in [1.807, 2.05) is 11.8 Å². The molecular weight excluding hydrogens is 292 g/mol. The normalized spacial score (nSPS) is 23.1. The molecule has 1 aromatic rings. The molecule has 0 heterocycles. The highest BCUT2D eigenvalue weighted by Gasteiger charge is 2.29. The van der Waals surface area contributed by atoms with Crippen LogP contribution in [0.25, 0.3) is 0 Å². The first-order valence-corrected chi connectivity index (χ1v) is 9.45. The van der Waals surface area contributed by atoms with Crippen molar-refractivity contribution < 1.29 is 8.42 Å². The summed E-state index contributed by atoms with van der Waals surface area (Å²) >= 11 is 1.92. The number of nitrogen functional groups attached to an aromatic ring is 1. The molecule has 2 atom stereocenters. The van der Waals surface area contributed by atoms with Crippen molar-refractivity contribution in [1.29, 1.82) is 0 Å². The second kappa shape index (κ2) is 6.37. The fourth-order valence-corrected chi connectivity index (χ4v) is 5.34. The number of anilines is 1. The van der Waals surface area contributed by atoms with E-state index >= 15 is 0 Å². The van der Waals surface area contributed by atoms with E-state index in [1.54, 1.807) is 25.1 Å². The second-order valence-electron chi connectivity index (χ2n) is 5.23. The van der Waals surface area contributed by atoms with Gasteiger partial charge in [0.05, 0.1) is 4.90 Å². The Labute approximate surface area is 125 Å². The Kier molecular flexibility index (Phi) is 4.99. The van der Waals surface area contributed by atoms with Gasteiger partial charge in [-0.15, -0.1) is 0 Å². The number of thioether (sulfide) groups is 1. The van der Waals surface area contributed by atoms with Gasteiger partial charge in [-0.05, 0) is 55.7 Å². The van der Waals surface area contributed by atoms with Crippen molar-refractivity contribution in [3.05, 3.63) is 23.8 Å². The van der Waals surface area contributed by atoms with Gasteiger partial charge in [-0.1, -0.05) is 6.92 Å². The topological polar surface area (TPSA) is 72.2 Å². The van der Waals surface area contributed by atoms with Crippen molar-refractivity contribution in [3.63, 3.8) is 0 Å². The van der Waals surface area contributed by atoms with Crippen molar-refractivity contribution in [2.45, 2.75) is 49.3 Å². The lowest BCUT2D eigenvalue weighted by molar-refractivity contribution is 0.552. The van der Waals surface area contributed by atoms with Crippen molar-refractivity contribution >= 4 is 27.5 Å². The molecule has 1 aliphatic rings. The van der Waals surface area contributed by atoms with E-state index in [0.29, 0.717) is 21.4 Å². The summed E-state index contributed by atoms with van der Waals surface area (Å²) in [6, 6.07) is 4.96. The Morgan fingerprint density at radius 1 is 1.40 bits per heavy atom. The van der Waals surface area contributed by atoms with E-state index in [9.17, 15) is 8.42 Å². The molecule has 0 saturated heterocycles. The van der Waals surface area contributed by atoms with Crippen molar-refractivity contribution in [2.24, 2.45) is 0 Å². The predicted molar refractivity (Wildman–Crippen MR) is 85.5 cm³/mol. The van der Waals surface area contributed by atoms with Gasteiger partial charge >= 0.3 is 0 Å². The van der Waals surface area contributed by atoms with E-state index in [4.69, 9.17) is 5.73 Å². The molecule has 1 saturated carbocycles. The van der Waals surface area contributed by atoms with Gasteiger partial charge in [-0.25, -0.2) is 13.1 Å². The maximum atomic E-state index is 12.4. The molecular formula is C14H22N2O2S2. The molecule has 1 fully saturated rings. The Bertz CT molecular complexity index is 573. The maximum absolute atomic E-state index is 12.4. The van der Waals surface area contributed by atoms with Crippen LogP contribution < -0.4 is 10.5 Å². The monoisotopic (exact) mass is 314 g/mol. The zero-order chi connectivity index (χ0) is 14.8. The lowest BCUT2D eigenvalue weighted by atomic mass is 10.2. The molecule has 1 aromatic carbocycles. The molecule has 0 spiro atoms. The van der Waals surface area contributed by atoms with E-state index < -0.39 is 10.0 Å². The van der Waals surface area contributed by atoms with E-state index in [2.05, 4.69) is 11.6 Å². The minimum atomic E-state index is -3.44. The van der Waals surface area contributed by atoms with Gasteiger partial charge in [-0.2, -0.15) is 11.8 Å². The third-order valence-electron chi connectivity index (χ3n) is 3.60. The summed E-state index contributed by atoms with van der Waals surface area (Å²) < 4.78 is 27.7. The lowest BCUT2D eigenvalue weighted by Gasteiger charge is -2.15. The number of hydrogen-bond donors (Lipinski definition) is 2. The van der Waals surface area contributed by atoms with Gasteiger partial charge in [0.2, 0.25) is 10.0 Å². The lowest BCUT2D eigenvalue weighted by Crippen LogP contribution is -2.33. The largest absolute Gasteiger partial charge is 0.399 e. The van der Waals surface area contributed by atoms with Gasteiger partial charge in [-0.3, -0.25) is 0 Å². The average molecular weight is 314 g/mol. The predicted octanol–water partition coefficient (Wildman–Crippen LogP) is 2.53. The first kappa shape index (κ1) is 15.7. The molecule has 4 nitrogen and oxygen atoms in total. The van der Waals surface area contributed by atoms with E-state index in [-0.39, 0.29) is 6.04 Å². The Balaban J connectivity index is 2.08. The molecule has 6 heteroatoms. The number of aryl methyl sites for hydroxylation is 1. The summed E-state index contributed by atoms with van der Waals surface area (Å²) in [6.45, 7) is 3.91. The molecule has 3 N–H and O–H groups in total. The second-order valence-corrected chi connectivity index (χ2v) is 8.49. The fourth-order valence-electron chi connectivity index (χ4n) is 2.69. The quantitative estimate of drug-likeness (QED) is 0.819. The highest BCUT2D eigenvalue weighted by Crippen LogP contribution is 2.30. The summed E-state index contributed by atoms with van der Waals surface area (Å²) in [5.74, 6) is 1.08. The van der Waals surface area contributed by atoms with E-state index in [0.717, 1.165) is 25.0 Å². The van der Waals surface area contributed by atoms with Gasteiger partial charge in [0.15, 0.2) is 0 Å². The van der Waals surface area contributed by atoms with Crippen LogP contribution >= 0.6 is 11.8 Å². The van der Waals surface area contributed by atoms with Gasteiger partial charge in [0, 0.05) is 17.0 Å². The summed E-state index contributed by atoms with van der Waals surface area (Å²) in [5.41, 5.74) is 6.94. The summed E-state index contributed by atoms with van der Waals surface area (Å²) in [7, 11) is -3.44. The summed E-state index contributed by atoms with van der Waals surface area (Å²) in [6.07, 6.45) is 2.93. The van der Waals surface area contributed by atoms with Crippen molar-refractivity contribution in [3.8, 4) is 0 Å². The maximum Gasteiger partial charge on any atom is 0.241 e. The number of rotatable bonds is 5. The van der Waals surface area contributed by atoms with Crippen LogP contribution in [0.15, 0.2) is 23.1 Å². The zero-order valence-corrected chi connectivity index (χ0v) is 13.6. The number of nitrogens with two attached hydrogens (primary N) is 1. The number of benzene rings is 1. The van der Waals surface area contributed by atoms with Crippen LogP contribution in [0.5, 0.6) is 0 Å². The van der Waals surface area contributed by atoms with Gasteiger partial charge in [0.1, 0.15) is 0 Å².